The molecular weight excluding hydrogens is 238 g/mol. The van der Waals surface area contributed by atoms with Crippen LogP contribution in [-0.4, -0.2) is 19.5 Å². The van der Waals surface area contributed by atoms with Gasteiger partial charge in [-0.25, -0.2) is 4.98 Å². The molecule has 92 valence electrons. The summed E-state index contributed by atoms with van der Waals surface area (Å²) in [6.45, 7) is 0.272. The van der Waals surface area contributed by atoms with Crippen LogP contribution in [0.4, 0.5) is 11.5 Å². The van der Waals surface area contributed by atoms with Crippen LogP contribution < -0.4 is 11.2 Å². The van der Waals surface area contributed by atoms with Gasteiger partial charge in [-0.3, -0.25) is 19.9 Å². The molecule has 0 bridgehead atoms. The molecule has 0 radical (unpaired) electrons. The van der Waals surface area contributed by atoms with Crippen molar-refractivity contribution in [1.29, 1.82) is 0 Å². The molecular formula is C10H9N5O3. The summed E-state index contributed by atoms with van der Waals surface area (Å²) >= 11 is 0. The van der Waals surface area contributed by atoms with Crippen molar-refractivity contribution in [3.63, 3.8) is 0 Å². The first-order valence-corrected chi connectivity index (χ1v) is 4.97. The Kier molecular flexibility index (Phi) is 3.00. The van der Waals surface area contributed by atoms with Gasteiger partial charge in [0.05, 0.1) is 35.8 Å². The standard InChI is InChI=1S/C10H9N5O3/c11-10-4-12-7(3-13-10)5-14-2-1-9(16)8(6-14)15(17)18/h1-4,6H,5H2,(H2,11,13). The molecule has 0 saturated carbocycles. The van der Waals surface area contributed by atoms with E-state index in [4.69, 9.17) is 5.73 Å². The smallest absolute Gasteiger partial charge is 0.332 e. The molecule has 2 aromatic heterocycles. The van der Waals surface area contributed by atoms with Gasteiger partial charge in [0.25, 0.3) is 5.43 Å². The van der Waals surface area contributed by atoms with E-state index in [9.17, 15) is 14.9 Å². The molecule has 8 nitrogen and oxygen atoms in total. The van der Waals surface area contributed by atoms with E-state index >= 15 is 0 Å². The van der Waals surface area contributed by atoms with Gasteiger partial charge in [0.15, 0.2) is 0 Å². The summed E-state index contributed by atoms with van der Waals surface area (Å²) in [5.41, 5.74) is 4.88. The molecule has 0 atom stereocenters. The third kappa shape index (κ3) is 2.48. The number of hydrogen-bond acceptors (Lipinski definition) is 6. The Labute approximate surface area is 101 Å². The monoisotopic (exact) mass is 247 g/mol. The normalized spacial score (nSPS) is 10.2. The molecule has 2 aromatic rings. The topological polar surface area (TPSA) is 117 Å². The Balaban J connectivity index is 2.30. The highest BCUT2D eigenvalue weighted by molar-refractivity contribution is 5.26. The fourth-order valence-electron chi connectivity index (χ4n) is 1.38. The number of hydrogen-bond donors (Lipinski definition) is 1. The Morgan fingerprint density at radius 2 is 2.17 bits per heavy atom. The lowest BCUT2D eigenvalue weighted by molar-refractivity contribution is -0.386. The van der Waals surface area contributed by atoms with Crippen LogP contribution >= 0.6 is 0 Å². The van der Waals surface area contributed by atoms with Crippen molar-refractivity contribution in [3.8, 4) is 0 Å². The number of rotatable bonds is 3. The van der Waals surface area contributed by atoms with Crippen molar-refractivity contribution in [2.45, 2.75) is 6.54 Å². The highest BCUT2D eigenvalue weighted by atomic mass is 16.6. The van der Waals surface area contributed by atoms with E-state index in [2.05, 4.69) is 9.97 Å². The minimum absolute atomic E-state index is 0.272. The summed E-state index contributed by atoms with van der Waals surface area (Å²) in [6, 6.07) is 1.14. The Hall–Kier alpha value is -2.77. The average Bonchev–Trinajstić information content (AvgIpc) is 2.34. The van der Waals surface area contributed by atoms with Gasteiger partial charge in [-0.05, 0) is 0 Å². The van der Waals surface area contributed by atoms with E-state index < -0.39 is 16.0 Å². The Morgan fingerprint density at radius 3 is 2.78 bits per heavy atom. The highest BCUT2D eigenvalue weighted by Gasteiger charge is 2.11. The number of nitrogen functional groups attached to an aromatic ring is 1. The number of anilines is 1. The molecule has 0 spiro atoms. The predicted molar refractivity (Wildman–Crippen MR) is 62.9 cm³/mol. The molecule has 0 aliphatic carbocycles. The van der Waals surface area contributed by atoms with Crippen molar-refractivity contribution >= 4 is 11.5 Å². The molecule has 18 heavy (non-hydrogen) atoms. The minimum atomic E-state index is -0.715. The van der Waals surface area contributed by atoms with Gasteiger partial charge in [-0.15, -0.1) is 0 Å². The SMILES string of the molecule is Nc1cnc(Cn2ccc(=O)c([N+](=O)[O-])c2)cn1. The van der Waals surface area contributed by atoms with Gasteiger partial charge < -0.3 is 10.3 Å². The lowest BCUT2D eigenvalue weighted by Crippen LogP contribution is -2.12. The van der Waals surface area contributed by atoms with Crippen LogP contribution in [-0.2, 0) is 6.54 Å². The van der Waals surface area contributed by atoms with Crippen LogP contribution in [0.25, 0.3) is 0 Å². The molecule has 2 heterocycles. The maximum Gasteiger partial charge on any atom is 0.332 e. The van der Waals surface area contributed by atoms with Gasteiger partial charge in [-0.1, -0.05) is 0 Å². The minimum Gasteiger partial charge on any atom is -0.382 e. The molecule has 0 aliphatic heterocycles. The van der Waals surface area contributed by atoms with Gasteiger partial charge in [0.2, 0.25) is 0 Å². The van der Waals surface area contributed by atoms with Crippen LogP contribution in [0, 0.1) is 10.1 Å². The lowest BCUT2D eigenvalue weighted by Gasteiger charge is -2.04. The van der Waals surface area contributed by atoms with Crippen LogP contribution in [0.3, 0.4) is 0 Å². The summed E-state index contributed by atoms with van der Waals surface area (Å²) in [6.07, 6.45) is 5.49. The van der Waals surface area contributed by atoms with Crippen molar-refractivity contribution in [1.82, 2.24) is 14.5 Å². The summed E-state index contributed by atoms with van der Waals surface area (Å²) in [5, 5.41) is 10.6. The zero-order valence-electron chi connectivity index (χ0n) is 9.18. The average molecular weight is 247 g/mol. The van der Waals surface area contributed by atoms with Gasteiger partial charge in [0, 0.05) is 12.3 Å². The quantitative estimate of drug-likeness (QED) is 0.610. The zero-order valence-corrected chi connectivity index (χ0v) is 9.18. The second-order valence-electron chi connectivity index (χ2n) is 3.56. The van der Waals surface area contributed by atoms with Crippen LogP contribution in [0.1, 0.15) is 5.69 Å². The number of nitrogens with two attached hydrogens (primary N) is 1. The zero-order chi connectivity index (χ0) is 13.1. The second-order valence-corrected chi connectivity index (χ2v) is 3.56. The summed E-state index contributed by atoms with van der Waals surface area (Å²) in [5.74, 6) is 0.296. The number of pyridine rings is 1. The lowest BCUT2D eigenvalue weighted by atomic mass is 10.3. The molecule has 0 saturated heterocycles. The highest BCUT2D eigenvalue weighted by Crippen LogP contribution is 2.05. The predicted octanol–water partition coefficient (Wildman–Crippen LogP) is 0.177. The molecule has 0 aliphatic rings. The summed E-state index contributed by atoms with van der Waals surface area (Å²) in [4.78, 5) is 29.0. The van der Waals surface area contributed by atoms with Crippen molar-refractivity contribution < 1.29 is 4.92 Å². The summed E-state index contributed by atoms with van der Waals surface area (Å²) in [7, 11) is 0. The largest absolute Gasteiger partial charge is 0.382 e. The second kappa shape index (κ2) is 4.62. The third-order valence-electron chi connectivity index (χ3n) is 2.22. The first-order valence-electron chi connectivity index (χ1n) is 4.97. The Morgan fingerprint density at radius 1 is 1.39 bits per heavy atom. The van der Waals surface area contributed by atoms with E-state index in [1.54, 1.807) is 0 Å². The number of nitro groups is 1. The van der Waals surface area contributed by atoms with Crippen molar-refractivity contribution in [3.05, 3.63) is 56.9 Å². The van der Waals surface area contributed by atoms with E-state index in [1.165, 1.54) is 29.4 Å². The van der Waals surface area contributed by atoms with Crippen molar-refractivity contribution in [2.75, 3.05) is 5.73 Å². The van der Waals surface area contributed by atoms with E-state index in [0.717, 1.165) is 6.07 Å². The summed E-state index contributed by atoms with van der Waals surface area (Å²) < 4.78 is 1.49. The molecule has 0 amide bonds. The molecule has 0 aromatic carbocycles. The van der Waals surface area contributed by atoms with Gasteiger partial charge in [0.1, 0.15) is 5.82 Å². The number of nitrogens with zero attached hydrogens (tertiary/aromatic N) is 4. The van der Waals surface area contributed by atoms with E-state index in [0.29, 0.717) is 11.5 Å². The van der Waals surface area contributed by atoms with Crippen LogP contribution in [0.5, 0.6) is 0 Å². The number of aromatic nitrogens is 3. The molecule has 0 fully saturated rings. The maximum atomic E-state index is 11.2. The van der Waals surface area contributed by atoms with Gasteiger partial charge in [-0.2, -0.15) is 0 Å². The van der Waals surface area contributed by atoms with Crippen molar-refractivity contribution in [2.24, 2.45) is 0 Å². The molecule has 8 heteroatoms. The van der Waals surface area contributed by atoms with Crippen LogP contribution in [0.2, 0.25) is 0 Å². The fraction of sp³-hybridized carbons (Fsp3) is 0.100. The van der Waals surface area contributed by atoms with Crippen LogP contribution in [0.15, 0.2) is 35.6 Å². The molecule has 2 N–H and O–H groups in total. The van der Waals surface area contributed by atoms with E-state index in [1.807, 2.05) is 0 Å². The van der Waals surface area contributed by atoms with Gasteiger partial charge >= 0.3 is 5.69 Å². The first kappa shape index (κ1) is 11.7. The molecule has 2 rings (SSSR count). The third-order valence-corrected chi connectivity index (χ3v) is 2.22. The van der Waals surface area contributed by atoms with E-state index in [-0.39, 0.29) is 6.54 Å². The maximum absolute atomic E-state index is 11.2. The fourth-order valence-corrected chi connectivity index (χ4v) is 1.38. The Bertz CT molecular complexity index is 635. The first-order chi connectivity index (χ1) is 8.56. The molecule has 0 unspecified atom stereocenters.